The standard InChI is InChI=1S/C15H11N3O2S/c1-2-10-4-3-5-11(8-10)17-13(19)12-9-16-15-18(14(12)20)6-7-21-15/h1,3-5,8-9H,6-7H2,(H,17,19). The van der Waals surface area contributed by atoms with Crippen LogP contribution in [0.2, 0.25) is 0 Å². The van der Waals surface area contributed by atoms with Gasteiger partial charge in [0.15, 0.2) is 5.16 Å². The molecule has 1 aromatic heterocycles. The van der Waals surface area contributed by atoms with Crippen molar-refractivity contribution < 1.29 is 4.79 Å². The number of thioether (sulfide) groups is 1. The van der Waals surface area contributed by atoms with Gasteiger partial charge in [0.1, 0.15) is 5.56 Å². The van der Waals surface area contributed by atoms with Gasteiger partial charge in [-0.3, -0.25) is 14.2 Å². The summed E-state index contributed by atoms with van der Waals surface area (Å²) >= 11 is 1.51. The minimum absolute atomic E-state index is 0.0346. The molecule has 3 rings (SSSR count). The number of amides is 1. The highest BCUT2D eigenvalue weighted by Gasteiger charge is 2.19. The third-order valence-electron chi connectivity index (χ3n) is 3.09. The number of benzene rings is 1. The number of fused-ring (bicyclic) bond motifs is 1. The van der Waals surface area contributed by atoms with E-state index in [-0.39, 0.29) is 11.1 Å². The van der Waals surface area contributed by atoms with Crippen LogP contribution in [0.5, 0.6) is 0 Å². The molecule has 1 aliphatic rings. The summed E-state index contributed by atoms with van der Waals surface area (Å²) in [7, 11) is 0. The molecule has 1 aliphatic heterocycles. The van der Waals surface area contributed by atoms with E-state index < -0.39 is 5.91 Å². The molecule has 6 heteroatoms. The largest absolute Gasteiger partial charge is 0.322 e. The van der Waals surface area contributed by atoms with E-state index in [0.29, 0.717) is 23.0 Å². The Bertz CT molecular complexity index is 820. The highest BCUT2D eigenvalue weighted by molar-refractivity contribution is 7.99. The van der Waals surface area contributed by atoms with E-state index >= 15 is 0 Å². The maximum atomic E-state index is 12.2. The normalized spacial score (nSPS) is 12.5. The van der Waals surface area contributed by atoms with Crippen molar-refractivity contribution in [1.82, 2.24) is 9.55 Å². The van der Waals surface area contributed by atoms with Crippen LogP contribution in [0, 0.1) is 12.3 Å². The number of terminal acetylenes is 1. The zero-order chi connectivity index (χ0) is 14.8. The first kappa shape index (κ1) is 13.5. The van der Waals surface area contributed by atoms with Crippen molar-refractivity contribution in [3.8, 4) is 12.3 Å². The Morgan fingerprint density at radius 2 is 2.33 bits per heavy atom. The second kappa shape index (κ2) is 5.46. The number of anilines is 1. The van der Waals surface area contributed by atoms with Crippen molar-refractivity contribution in [2.24, 2.45) is 0 Å². The smallest absolute Gasteiger partial charge is 0.267 e. The molecule has 1 amide bonds. The van der Waals surface area contributed by atoms with E-state index in [0.717, 1.165) is 5.75 Å². The average Bonchev–Trinajstić information content (AvgIpc) is 2.97. The fraction of sp³-hybridized carbons (Fsp3) is 0.133. The van der Waals surface area contributed by atoms with Gasteiger partial charge in [0, 0.05) is 29.7 Å². The summed E-state index contributed by atoms with van der Waals surface area (Å²) in [5.41, 5.74) is 0.936. The fourth-order valence-electron chi connectivity index (χ4n) is 2.06. The molecule has 0 atom stereocenters. The van der Waals surface area contributed by atoms with Gasteiger partial charge in [-0.25, -0.2) is 4.98 Å². The van der Waals surface area contributed by atoms with Crippen molar-refractivity contribution in [2.75, 3.05) is 11.1 Å². The van der Waals surface area contributed by atoms with Crippen LogP contribution in [0.15, 0.2) is 40.4 Å². The lowest BCUT2D eigenvalue weighted by molar-refractivity contribution is 0.102. The van der Waals surface area contributed by atoms with E-state index in [4.69, 9.17) is 6.42 Å². The van der Waals surface area contributed by atoms with E-state index in [1.165, 1.54) is 22.5 Å². The highest BCUT2D eigenvalue weighted by Crippen LogP contribution is 2.20. The molecule has 0 unspecified atom stereocenters. The van der Waals surface area contributed by atoms with Crippen LogP contribution in [-0.4, -0.2) is 21.2 Å². The molecule has 2 aromatic rings. The van der Waals surface area contributed by atoms with Gasteiger partial charge in [-0.15, -0.1) is 6.42 Å². The molecule has 0 saturated heterocycles. The Kier molecular flexibility index (Phi) is 3.50. The summed E-state index contributed by atoms with van der Waals surface area (Å²) < 4.78 is 1.53. The number of carbonyl (C=O) groups is 1. The van der Waals surface area contributed by atoms with Gasteiger partial charge in [-0.2, -0.15) is 0 Å². The summed E-state index contributed by atoms with van der Waals surface area (Å²) in [4.78, 5) is 28.6. The van der Waals surface area contributed by atoms with E-state index in [1.807, 2.05) is 0 Å². The SMILES string of the molecule is C#Cc1cccc(NC(=O)c2cnc3n(c2=O)CCS3)c1. The van der Waals surface area contributed by atoms with Gasteiger partial charge in [0.05, 0.1) is 0 Å². The van der Waals surface area contributed by atoms with Gasteiger partial charge >= 0.3 is 0 Å². The van der Waals surface area contributed by atoms with Crippen LogP contribution < -0.4 is 10.9 Å². The molecule has 5 nitrogen and oxygen atoms in total. The fourth-order valence-corrected chi connectivity index (χ4v) is 2.97. The molecule has 104 valence electrons. The minimum Gasteiger partial charge on any atom is -0.322 e. The third-order valence-corrected chi connectivity index (χ3v) is 4.06. The lowest BCUT2D eigenvalue weighted by Gasteiger charge is -2.07. The Morgan fingerprint density at radius 3 is 3.14 bits per heavy atom. The maximum Gasteiger partial charge on any atom is 0.267 e. The van der Waals surface area contributed by atoms with Crippen molar-refractivity contribution >= 4 is 23.4 Å². The summed E-state index contributed by atoms with van der Waals surface area (Å²) in [5.74, 6) is 2.82. The van der Waals surface area contributed by atoms with E-state index in [1.54, 1.807) is 24.3 Å². The number of nitrogens with one attached hydrogen (secondary N) is 1. The van der Waals surface area contributed by atoms with Gasteiger partial charge in [0.2, 0.25) is 0 Å². The second-order valence-electron chi connectivity index (χ2n) is 4.44. The number of nitrogens with zero attached hydrogens (tertiary/aromatic N) is 2. The number of hydrogen-bond donors (Lipinski definition) is 1. The molecule has 2 heterocycles. The number of carbonyl (C=O) groups excluding carboxylic acids is 1. The van der Waals surface area contributed by atoms with E-state index in [2.05, 4.69) is 16.2 Å². The molecule has 1 aromatic carbocycles. The van der Waals surface area contributed by atoms with Gasteiger partial charge in [0.25, 0.3) is 11.5 Å². The van der Waals surface area contributed by atoms with Crippen LogP contribution in [0.25, 0.3) is 0 Å². The number of aromatic nitrogens is 2. The Hall–Kier alpha value is -2.52. The molecule has 21 heavy (non-hydrogen) atoms. The molecular formula is C15H11N3O2S. The topological polar surface area (TPSA) is 64.0 Å². The van der Waals surface area contributed by atoms with Crippen molar-refractivity contribution in [2.45, 2.75) is 11.7 Å². The predicted molar refractivity (Wildman–Crippen MR) is 81.6 cm³/mol. The first-order chi connectivity index (χ1) is 10.2. The highest BCUT2D eigenvalue weighted by atomic mass is 32.2. The quantitative estimate of drug-likeness (QED) is 0.675. The first-order valence-electron chi connectivity index (χ1n) is 6.30. The molecular weight excluding hydrogens is 286 g/mol. The van der Waals surface area contributed by atoms with Crippen LogP contribution >= 0.6 is 11.8 Å². The van der Waals surface area contributed by atoms with Crippen LogP contribution in [0.1, 0.15) is 15.9 Å². The zero-order valence-electron chi connectivity index (χ0n) is 11.0. The molecule has 0 aliphatic carbocycles. The molecule has 1 N–H and O–H groups in total. The summed E-state index contributed by atoms with van der Waals surface area (Å²) in [5, 5.41) is 3.33. The van der Waals surface area contributed by atoms with Crippen molar-refractivity contribution in [1.29, 1.82) is 0 Å². The monoisotopic (exact) mass is 297 g/mol. The Balaban J connectivity index is 1.90. The van der Waals surface area contributed by atoms with Crippen molar-refractivity contribution in [3.63, 3.8) is 0 Å². The number of hydrogen-bond acceptors (Lipinski definition) is 4. The molecule has 0 bridgehead atoms. The van der Waals surface area contributed by atoms with E-state index in [9.17, 15) is 9.59 Å². The minimum atomic E-state index is -0.478. The first-order valence-corrected chi connectivity index (χ1v) is 7.28. The van der Waals surface area contributed by atoms with Crippen LogP contribution in [-0.2, 0) is 6.54 Å². The van der Waals surface area contributed by atoms with Crippen molar-refractivity contribution in [3.05, 3.63) is 51.9 Å². The summed E-state index contributed by atoms with van der Waals surface area (Å²) in [6.07, 6.45) is 6.64. The molecule has 0 saturated carbocycles. The predicted octanol–water partition coefficient (Wildman–Crippen LogP) is 1.58. The van der Waals surface area contributed by atoms with Crippen LogP contribution in [0.3, 0.4) is 0 Å². The molecule has 0 spiro atoms. The van der Waals surface area contributed by atoms with Gasteiger partial charge in [-0.05, 0) is 18.2 Å². The van der Waals surface area contributed by atoms with Crippen LogP contribution in [0.4, 0.5) is 5.69 Å². The molecule has 0 radical (unpaired) electrons. The third kappa shape index (κ3) is 2.56. The second-order valence-corrected chi connectivity index (χ2v) is 5.50. The zero-order valence-corrected chi connectivity index (χ0v) is 11.8. The Labute approximate surface area is 125 Å². The summed E-state index contributed by atoms with van der Waals surface area (Å²) in [6, 6.07) is 6.90. The number of rotatable bonds is 2. The molecule has 0 fully saturated rings. The average molecular weight is 297 g/mol. The lowest BCUT2D eigenvalue weighted by Crippen LogP contribution is -2.29. The lowest BCUT2D eigenvalue weighted by atomic mass is 10.2. The van der Waals surface area contributed by atoms with Gasteiger partial charge < -0.3 is 5.32 Å². The maximum absolute atomic E-state index is 12.2. The Morgan fingerprint density at radius 1 is 1.48 bits per heavy atom. The van der Waals surface area contributed by atoms with Gasteiger partial charge in [-0.1, -0.05) is 23.7 Å². The summed E-state index contributed by atoms with van der Waals surface area (Å²) in [6.45, 7) is 0.583.